The molecule has 1 N–H and O–H groups in total. The van der Waals surface area contributed by atoms with Gasteiger partial charge >= 0.3 is 6.18 Å². The Balaban J connectivity index is 2.17. The van der Waals surface area contributed by atoms with Crippen LogP contribution in [0.2, 0.25) is 15.1 Å². The summed E-state index contributed by atoms with van der Waals surface area (Å²) in [7, 11) is -4.59. The monoisotopic (exact) mass is 677 g/mol. The van der Waals surface area contributed by atoms with E-state index in [4.69, 9.17) is 34.8 Å². The van der Waals surface area contributed by atoms with Gasteiger partial charge in [-0.3, -0.25) is 13.9 Å². The maximum atomic E-state index is 14.1. The molecule has 0 heterocycles. The molecule has 1 atom stereocenters. The fourth-order valence-electron chi connectivity index (χ4n) is 4.27. The molecule has 0 bridgehead atoms. The minimum atomic E-state index is -4.91. The average molecular weight is 679 g/mol. The molecule has 0 fully saturated rings. The van der Waals surface area contributed by atoms with Crippen LogP contribution in [0.4, 0.5) is 18.9 Å². The quantitative estimate of drug-likeness (QED) is 0.220. The number of halogens is 6. The number of anilines is 1. The molecule has 232 valence electrons. The van der Waals surface area contributed by atoms with Gasteiger partial charge in [0.05, 0.1) is 21.2 Å². The third-order valence-electron chi connectivity index (χ3n) is 6.48. The highest BCUT2D eigenvalue weighted by Crippen LogP contribution is 2.38. The molecule has 2 amide bonds. The predicted molar refractivity (Wildman–Crippen MR) is 162 cm³/mol. The zero-order valence-corrected chi connectivity index (χ0v) is 26.3. The number of hydrogen-bond donors (Lipinski definition) is 1. The number of nitrogens with zero attached hydrogens (tertiary/aromatic N) is 2. The summed E-state index contributed by atoms with van der Waals surface area (Å²) in [5.41, 5.74) is -1.42. The fraction of sp³-hybridized carbons (Fsp3) is 0.310. The van der Waals surface area contributed by atoms with Gasteiger partial charge < -0.3 is 10.2 Å². The lowest BCUT2D eigenvalue weighted by molar-refractivity contribution is -0.140. The molecule has 7 nitrogen and oxygen atoms in total. The first-order valence-corrected chi connectivity index (χ1v) is 15.7. The zero-order chi connectivity index (χ0) is 31.9. The number of amides is 2. The first kappa shape index (κ1) is 34.5. The molecule has 0 saturated heterocycles. The second-order valence-corrected chi connectivity index (χ2v) is 12.5. The molecule has 14 heteroatoms. The van der Waals surface area contributed by atoms with E-state index in [1.807, 2.05) is 6.92 Å². The van der Waals surface area contributed by atoms with E-state index in [1.165, 1.54) is 24.3 Å². The molecule has 43 heavy (non-hydrogen) atoms. The summed E-state index contributed by atoms with van der Waals surface area (Å²) < 4.78 is 69.5. The van der Waals surface area contributed by atoms with Gasteiger partial charge in [0.1, 0.15) is 12.6 Å². The summed E-state index contributed by atoms with van der Waals surface area (Å²) in [5, 5.41) is 2.50. The number of nitrogens with one attached hydrogen (secondary N) is 1. The lowest BCUT2D eigenvalue weighted by Gasteiger charge is -2.33. The first-order chi connectivity index (χ1) is 20.2. The van der Waals surface area contributed by atoms with Crippen LogP contribution in [0.5, 0.6) is 0 Å². The van der Waals surface area contributed by atoms with E-state index in [9.17, 15) is 31.2 Å². The predicted octanol–water partition coefficient (Wildman–Crippen LogP) is 7.19. The number of alkyl halides is 3. The minimum absolute atomic E-state index is 0.133. The van der Waals surface area contributed by atoms with Gasteiger partial charge in [0.2, 0.25) is 11.8 Å². The van der Waals surface area contributed by atoms with Gasteiger partial charge in [-0.15, -0.1) is 0 Å². The molecule has 0 unspecified atom stereocenters. The molecule has 3 rings (SSSR count). The normalized spacial score (nSPS) is 12.5. The largest absolute Gasteiger partial charge is 0.417 e. The summed E-state index contributed by atoms with van der Waals surface area (Å²) in [5.74, 6) is -1.37. The van der Waals surface area contributed by atoms with Gasteiger partial charge in [-0.2, -0.15) is 13.2 Å². The van der Waals surface area contributed by atoms with Crippen LogP contribution < -0.4 is 9.62 Å². The average Bonchev–Trinajstić information content (AvgIpc) is 2.96. The van der Waals surface area contributed by atoms with Crippen molar-refractivity contribution in [2.75, 3.05) is 17.4 Å². The second kappa shape index (κ2) is 14.7. The molecular weight excluding hydrogens is 650 g/mol. The van der Waals surface area contributed by atoms with Gasteiger partial charge in [0, 0.05) is 28.7 Å². The Hall–Kier alpha value is -2.99. The van der Waals surface area contributed by atoms with Gasteiger partial charge in [0.25, 0.3) is 10.0 Å². The Morgan fingerprint density at radius 2 is 1.53 bits per heavy atom. The Kier molecular flexibility index (Phi) is 11.8. The van der Waals surface area contributed by atoms with Crippen molar-refractivity contribution in [1.82, 2.24) is 10.2 Å². The number of carbonyl (C=O) groups is 2. The second-order valence-electron chi connectivity index (χ2n) is 9.42. The van der Waals surface area contributed by atoms with Crippen molar-refractivity contribution >= 4 is 62.3 Å². The van der Waals surface area contributed by atoms with Gasteiger partial charge in [-0.05, 0) is 55.3 Å². The molecule has 3 aromatic carbocycles. The Morgan fingerprint density at radius 3 is 2.09 bits per heavy atom. The van der Waals surface area contributed by atoms with E-state index >= 15 is 0 Å². The van der Waals surface area contributed by atoms with Crippen LogP contribution in [0.25, 0.3) is 0 Å². The van der Waals surface area contributed by atoms with Gasteiger partial charge in [0.15, 0.2) is 0 Å². The molecule has 0 aliphatic heterocycles. The number of hydrogen-bond acceptors (Lipinski definition) is 4. The SMILES string of the molecule is CCCNC(=O)[C@H](CC)N(Cc1c(Cl)cccc1Cl)C(=O)CN(c1ccc(Cl)c(C(F)(F)F)c1)S(=O)(=O)c1ccccc1. The zero-order valence-electron chi connectivity index (χ0n) is 23.2. The third-order valence-corrected chi connectivity index (χ3v) is 9.30. The van der Waals surface area contributed by atoms with Gasteiger partial charge in [-0.25, -0.2) is 8.42 Å². The molecule has 0 aromatic heterocycles. The maximum absolute atomic E-state index is 14.1. The Morgan fingerprint density at radius 1 is 0.907 bits per heavy atom. The van der Waals surface area contributed by atoms with Crippen LogP contribution in [0.1, 0.15) is 37.8 Å². The highest BCUT2D eigenvalue weighted by molar-refractivity contribution is 7.92. The number of sulfonamides is 1. The molecule has 0 radical (unpaired) electrons. The van der Waals surface area contributed by atoms with E-state index in [2.05, 4.69) is 5.32 Å². The van der Waals surface area contributed by atoms with Crippen LogP contribution in [-0.4, -0.2) is 44.3 Å². The fourth-order valence-corrected chi connectivity index (χ4v) is 6.44. The van der Waals surface area contributed by atoms with E-state index in [1.54, 1.807) is 31.2 Å². The van der Waals surface area contributed by atoms with Crippen molar-refractivity contribution < 1.29 is 31.2 Å². The molecule has 0 saturated carbocycles. The van der Waals surface area contributed by atoms with Crippen molar-refractivity contribution in [3.8, 4) is 0 Å². The Labute approximate surface area is 263 Å². The summed E-state index contributed by atoms with van der Waals surface area (Å²) in [6.45, 7) is 2.61. The van der Waals surface area contributed by atoms with Crippen molar-refractivity contribution in [3.63, 3.8) is 0 Å². The summed E-state index contributed by atoms with van der Waals surface area (Å²) in [6.07, 6.45) is -4.15. The van der Waals surface area contributed by atoms with Crippen LogP contribution in [0, 0.1) is 0 Å². The minimum Gasteiger partial charge on any atom is -0.354 e. The topological polar surface area (TPSA) is 86.8 Å². The standard InChI is InChI=1S/C29H29Cl3F3N3O4S/c1-3-15-36-28(40)26(4-2)37(17-21-23(30)11-8-12-24(21)31)27(39)18-38(43(41,42)20-9-6-5-7-10-20)19-13-14-25(32)22(16-19)29(33,34)35/h5-14,16,26H,3-4,15,17-18H2,1-2H3,(H,36,40)/t26-/m0/s1. The summed E-state index contributed by atoms with van der Waals surface area (Å²) in [4.78, 5) is 28.1. The van der Waals surface area contributed by atoms with Crippen LogP contribution in [0.3, 0.4) is 0 Å². The number of benzene rings is 3. The smallest absolute Gasteiger partial charge is 0.354 e. The van der Waals surface area contributed by atoms with Crippen LogP contribution >= 0.6 is 34.8 Å². The lowest BCUT2D eigenvalue weighted by Crippen LogP contribution is -2.52. The molecule has 0 aliphatic rings. The molecular formula is C29H29Cl3F3N3O4S. The van der Waals surface area contributed by atoms with Crippen molar-refractivity contribution in [2.45, 2.75) is 50.3 Å². The van der Waals surface area contributed by atoms with Crippen molar-refractivity contribution in [1.29, 1.82) is 0 Å². The number of rotatable bonds is 12. The maximum Gasteiger partial charge on any atom is 0.417 e. The first-order valence-electron chi connectivity index (χ1n) is 13.2. The third kappa shape index (κ3) is 8.35. The van der Waals surface area contributed by atoms with Crippen LogP contribution in [0.15, 0.2) is 71.6 Å². The highest BCUT2D eigenvalue weighted by atomic mass is 35.5. The van der Waals surface area contributed by atoms with Crippen LogP contribution in [-0.2, 0) is 32.3 Å². The molecule has 0 aliphatic carbocycles. The van der Waals surface area contributed by atoms with E-state index in [0.29, 0.717) is 28.9 Å². The van der Waals surface area contributed by atoms with E-state index < -0.39 is 56.9 Å². The summed E-state index contributed by atoms with van der Waals surface area (Å²) in [6, 6.07) is 13.1. The summed E-state index contributed by atoms with van der Waals surface area (Å²) >= 11 is 18.5. The van der Waals surface area contributed by atoms with Gasteiger partial charge in [-0.1, -0.05) is 72.9 Å². The molecule has 0 spiro atoms. The lowest BCUT2D eigenvalue weighted by atomic mass is 10.1. The van der Waals surface area contributed by atoms with E-state index in [0.717, 1.165) is 17.0 Å². The molecule has 3 aromatic rings. The van der Waals surface area contributed by atoms with E-state index in [-0.39, 0.29) is 27.9 Å². The Bertz CT molecular complexity index is 1540. The van der Waals surface area contributed by atoms with Crippen molar-refractivity contribution in [2.24, 2.45) is 0 Å². The van der Waals surface area contributed by atoms with Crippen molar-refractivity contribution in [3.05, 3.63) is 92.9 Å². The highest BCUT2D eigenvalue weighted by Gasteiger charge is 2.37. The number of carbonyl (C=O) groups excluding carboxylic acids is 2.